The Labute approximate surface area is 118 Å². The molecule has 0 radical (unpaired) electrons. The lowest BCUT2D eigenvalue weighted by Crippen LogP contribution is -2.47. The zero-order chi connectivity index (χ0) is 14.0. The predicted molar refractivity (Wildman–Crippen MR) is 77.1 cm³/mol. The molecule has 2 aromatic carbocycles. The van der Waals surface area contributed by atoms with Crippen LogP contribution in [0.15, 0.2) is 54.6 Å². The minimum atomic E-state index is -0.771. The second kappa shape index (κ2) is 5.10. The largest absolute Gasteiger partial charge is 0.467 e. The van der Waals surface area contributed by atoms with Gasteiger partial charge >= 0.3 is 5.97 Å². The highest BCUT2D eigenvalue weighted by Crippen LogP contribution is 2.35. The van der Waals surface area contributed by atoms with Crippen molar-refractivity contribution >= 4 is 5.97 Å². The molecule has 0 aliphatic carbocycles. The van der Waals surface area contributed by atoms with E-state index in [0.717, 1.165) is 16.7 Å². The van der Waals surface area contributed by atoms with Crippen molar-refractivity contribution in [3.05, 3.63) is 71.3 Å². The number of ether oxygens (including phenoxy) is 1. The van der Waals surface area contributed by atoms with E-state index in [0.29, 0.717) is 13.0 Å². The molecule has 102 valence electrons. The first kappa shape index (κ1) is 12.9. The number of hydrogen-bond donors (Lipinski definition) is 1. The molecule has 1 aliphatic rings. The molecule has 0 saturated heterocycles. The first-order valence-corrected chi connectivity index (χ1v) is 6.72. The van der Waals surface area contributed by atoms with Crippen LogP contribution in [-0.4, -0.2) is 13.1 Å². The second-order valence-corrected chi connectivity index (χ2v) is 5.07. The number of esters is 1. The van der Waals surface area contributed by atoms with Crippen molar-refractivity contribution in [3.8, 4) is 0 Å². The van der Waals surface area contributed by atoms with E-state index in [2.05, 4.69) is 11.4 Å². The van der Waals surface area contributed by atoms with E-state index < -0.39 is 5.54 Å². The summed E-state index contributed by atoms with van der Waals surface area (Å²) in [6, 6.07) is 18.0. The van der Waals surface area contributed by atoms with Gasteiger partial charge in [-0.3, -0.25) is 5.32 Å². The third kappa shape index (κ3) is 2.00. The van der Waals surface area contributed by atoms with Crippen LogP contribution in [0.2, 0.25) is 0 Å². The predicted octanol–water partition coefficient (Wildman–Crippen LogP) is 2.40. The van der Waals surface area contributed by atoms with E-state index in [4.69, 9.17) is 4.74 Å². The molecule has 0 aromatic heterocycles. The number of carbonyl (C=O) groups is 1. The molecule has 3 nitrogen and oxygen atoms in total. The topological polar surface area (TPSA) is 38.3 Å². The molecule has 3 heteroatoms. The van der Waals surface area contributed by atoms with Gasteiger partial charge in [0.15, 0.2) is 0 Å². The molecule has 0 saturated carbocycles. The molecular weight excluding hydrogens is 250 g/mol. The van der Waals surface area contributed by atoms with Crippen LogP contribution in [0.4, 0.5) is 0 Å². The summed E-state index contributed by atoms with van der Waals surface area (Å²) in [6.45, 7) is 0.693. The molecule has 2 aromatic rings. The first-order chi connectivity index (χ1) is 9.76. The summed E-state index contributed by atoms with van der Waals surface area (Å²) in [7, 11) is 1.44. The van der Waals surface area contributed by atoms with E-state index in [1.165, 1.54) is 7.11 Å². The fourth-order valence-electron chi connectivity index (χ4n) is 2.92. The molecule has 0 spiro atoms. The van der Waals surface area contributed by atoms with E-state index in [1.807, 2.05) is 48.5 Å². The Balaban J connectivity index is 2.06. The second-order valence-electron chi connectivity index (χ2n) is 5.07. The first-order valence-electron chi connectivity index (χ1n) is 6.72. The molecule has 0 amide bonds. The van der Waals surface area contributed by atoms with Gasteiger partial charge in [0.05, 0.1) is 7.11 Å². The number of fused-ring (bicyclic) bond motifs is 1. The van der Waals surface area contributed by atoms with Crippen molar-refractivity contribution in [2.75, 3.05) is 7.11 Å². The van der Waals surface area contributed by atoms with Gasteiger partial charge in [0.25, 0.3) is 0 Å². The van der Waals surface area contributed by atoms with Crippen molar-refractivity contribution < 1.29 is 9.53 Å². The molecular formula is C17H17NO2. The highest BCUT2D eigenvalue weighted by Gasteiger charge is 2.46. The Bertz CT molecular complexity index is 624. The fraction of sp³-hybridized carbons (Fsp3) is 0.235. The zero-order valence-corrected chi connectivity index (χ0v) is 11.4. The third-order valence-electron chi connectivity index (χ3n) is 3.90. The van der Waals surface area contributed by atoms with Crippen LogP contribution in [0.5, 0.6) is 0 Å². The summed E-state index contributed by atoms with van der Waals surface area (Å²) in [4.78, 5) is 12.4. The molecule has 1 atom stereocenters. The van der Waals surface area contributed by atoms with Gasteiger partial charge < -0.3 is 4.74 Å². The van der Waals surface area contributed by atoms with Crippen molar-refractivity contribution in [1.82, 2.24) is 5.32 Å². The Kier molecular flexibility index (Phi) is 3.28. The van der Waals surface area contributed by atoms with Gasteiger partial charge in [-0.25, -0.2) is 4.79 Å². The highest BCUT2D eigenvalue weighted by molar-refractivity contribution is 5.84. The third-order valence-corrected chi connectivity index (χ3v) is 3.90. The Hall–Kier alpha value is -2.13. The standard InChI is InChI=1S/C17H17NO2/c1-20-16(19)17(11-13-7-3-2-4-8-13)15-10-6-5-9-14(15)12-18-17/h2-10,18H,11-12H2,1H3. The Morgan fingerprint density at radius 3 is 2.60 bits per heavy atom. The Morgan fingerprint density at radius 2 is 1.85 bits per heavy atom. The lowest BCUT2D eigenvalue weighted by Gasteiger charge is -2.28. The minimum absolute atomic E-state index is 0.230. The number of hydrogen-bond acceptors (Lipinski definition) is 3. The highest BCUT2D eigenvalue weighted by atomic mass is 16.5. The fourth-order valence-corrected chi connectivity index (χ4v) is 2.92. The quantitative estimate of drug-likeness (QED) is 0.868. The summed E-state index contributed by atoms with van der Waals surface area (Å²) in [6.07, 6.45) is 0.595. The van der Waals surface area contributed by atoms with Crippen molar-refractivity contribution in [2.45, 2.75) is 18.5 Å². The number of rotatable bonds is 3. The van der Waals surface area contributed by atoms with Crippen molar-refractivity contribution in [3.63, 3.8) is 0 Å². The lowest BCUT2D eigenvalue weighted by atomic mass is 9.84. The zero-order valence-electron chi connectivity index (χ0n) is 11.4. The normalized spacial score (nSPS) is 20.4. The van der Waals surface area contributed by atoms with Gasteiger partial charge in [0.1, 0.15) is 5.54 Å². The van der Waals surface area contributed by atoms with E-state index >= 15 is 0 Å². The molecule has 1 aliphatic heterocycles. The smallest absolute Gasteiger partial charge is 0.331 e. The molecule has 1 unspecified atom stereocenters. The number of nitrogens with one attached hydrogen (secondary N) is 1. The van der Waals surface area contributed by atoms with Gasteiger partial charge in [-0.2, -0.15) is 0 Å². The number of carbonyl (C=O) groups excluding carboxylic acids is 1. The SMILES string of the molecule is COC(=O)C1(Cc2ccccc2)NCc2ccccc21. The van der Waals surface area contributed by atoms with Gasteiger partial charge in [-0.1, -0.05) is 54.6 Å². The summed E-state index contributed by atoms with van der Waals surface area (Å²) in [5.74, 6) is -0.230. The van der Waals surface area contributed by atoms with E-state index in [9.17, 15) is 4.79 Å². The summed E-state index contributed by atoms with van der Waals surface area (Å²) < 4.78 is 5.07. The average Bonchev–Trinajstić information content (AvgIpc) is 2.88. The van der Waals surface area contributed by atoms with Crippen molar-refractivity contribution in [2.24, 2.45) is 0 Å². The van der Waals surface area contributed by atoms with Crippen LogP contribution in [0.1, 0.15) is 16.7 Å². The maximum Gasteiger partial charge on any atom is 0.331 e. The number of benzene rings is 2. The van der Waals surface area contributed by atoms with Gasteiger partial charge in [0.2, 0.25) is 0 Å². The molecule has 20 heavy (non-hydrogen) atoms. The average molecular weight is 267 g/mol. The van der Waals surface area contributed by atoms with Gasteiger partial charge in [-0.15, -0.1) is 0 Å². The van der Waals surface area contributed by atoms with E-state index in [1.54, 1.807) is 0 Å². The van der Waals surface area contributed by atoms with Crippen LogP contribution >= 0.6 is 0 Å². The van der Waals surface area contributed by atoms with Gasteiger partial charge in [-0.05, 0) is 16.7 Å². The molecule has 1 N–H and O–H groups in total. The molecule has 3 rings (SSSR count). The summed E-state index contributed by atoms with van der Waals surface area (Å²) in [5, 5.41) is 3.36. The van der Waals surface area contributed by atoms with Crippen LogP contribution in [0.25, 0.3) is 0 Å². The maximum atomic E-state index is 12.4. The van der Waals surface area contributed by atoms with E-state index in [-0.39, 0.29) is 5.97 Å². The summed E-state index contributed by atoms with van der Waals surface area (Å²) in [5.41, 5.74) is 2.53. The van der Waals surface area contributed by atoms with Crippen LogP contribution in [0.3, 0.4) is 0 Å². The molecule has 0 fully saturated rings. The molecule has 1 heterocycles. The van der Waals surface area contributed by atoms with Crippen LogP contribution in [-0.2, 0) is 28.0 Å². The van der Waals surface area contributed by atoms with Crippen LogP contribution in [0, 0.1) is 0 Å². The van der Waals surface area contributed by atoms with Gasteiger partial charge in [0, 0.05) is 13.0 Å². The lowest BCUT2D eigenvalue weighted by molar-refractivity contribution is -0.148. The minimum Gasteiger partial charge on any atom is -0.467 e. The Morgan fingerprint density at radius 1 is 1.15 bits per heavy atom. The number of methoxy groups -OCH3 is 1. The maximum absolute atomic E-state index is 12.4. The van der Waals surface area contributed by atoms with Crippen molar-refractivity contribution in [1.29, 1.82) is 0 Å². The summed E-state index contributed by atoms with van der Waals surface area (Å²) >= 11 is 0. The van der Waals surface area contributed by atoms with Crippen LogP contribution < -0.4 is 5.32 Å². The monoisotopic (exact) mass is 267 g/mol. The molecule has 0 bridgehead atoms.